The summed E-state index contributed by atoms with van der Waals surface area (Å²) in [7, 11) is 0. The molecule has 2 N–H and O–H groups in total. The van der Waals surface area contributed by atoms with E-state index >= 15 is 0 Å². The molecule has 0 unspecified atom stereocenters. The molecule has 0 fully saturated rings. The summed E-state index contributed by atoms with van der Waals surface area (Å²) in [4.78, 5) is 0. The second kappa shape index (κ2) is 19.0. The number of rotatable bonds is 0. The van der Waals surface area contributed by atoms with E-state index in [9.17, 15) is 0 Å². The number of halogens is 2. The van der Waals surface area contributed by atoms with E-state index in [1.807, 2.05) is 0 Å². The van der Waals surface area contributed by atoms with Gasteiger partial charge in [-0.1, -0.05) is 0 Å². The van der Waals surface area contributed by atoms with Gasteiger partial charge < -0.3 is 53.4 Å². The fraction of sp³-hybridized carbons (Fsp3) is 0. The summed E-state index contributed by atoms with van der Waals surface area (Å²) >= 11 is 0. The third kappa shape index (κ3) is 8.89. The summed E-state index contributed by atoms with van der Waals surface area (Å²) in [5.41, 5.74) is 0. The van der Waals surface area contributed by atoms with Gasteiger partial charge in [-0.2, -0.15) is 0 Å². The van der Waals surface area contributed by atoms with E-state index in [1.165, 1.54) is 0 Å². The van der Waals surface area contributed by atoms with Crippen LogP contribution in [0.25, 0.3) is 0 Å². The zero-order chi connectivity index (χ0) is 0. The maximum absolute atomic E-state index is 0. The molecule has 1 nitrogen and oxygen atoms in total. The Kier molecular flexibility index (Phi) is 165. The maximum atomic E-state index is 0. The van der Waals surface area contributed by atoms with Gasteiger partial charge in [-0.3, -0.25) is 0 Å². The molecule has 24 valence electrons. The van der Waals surface area contributed by atoms with E-state index in [-0.39, 0.29) is 76.5 Å². The molecule has 0 aliphatic carbocycles. The maximum Gasteiger partial charge on any atom is 2.00 e. The quantitative estimate of drug-likeness (QED) is 0.314. The first-order valence-electron chi connectivity index (χ1n) is 0. The summed E-state index contributed by atoms with van der Waals surface area (Å²) in [5, 5.41) is 0. The van der Waals surface area contributed by atoms with Gasteiger partial charge in [0.15, 0.2) is 0 Å². The van der Waals surface area contributed by atoms with Gasteiger partial charge in [0.25, 0.3) is 0 Å². The van der Waals surface area contributed by atoms with Crippen LogP contribution in [0.2, 0.25) is 0 Å². The molecule has 0 aromatic carbocycles. The van der Waals surface area contributed by atoms with E-state index in [0.717, 1.165) is 0 Å². The molecule has 0 aliphatic rings. The van der Waals surface area contributed by atoms with Gasteiger partial charge >= 0.3 is 23.1 Å². The van der Waals surface area contributed by atoms with Crippen molar-refractivity contribution in [2.75, 3.05) is 0 Å². The largest absolute Gasteiger partial charge is 2.00 e. The van der Waals surface area contributed by atoms with Gasteiger partial charge in [-0.05, 0) is 0 Å². The van der Waals surface area contributed by atoms with E-state index < -0.39 is 0 Å². The first-order chi connectivity index (χ1) is 0. The van der Waals surface area contributed by atoms with E-state index in [0.29, 0.717) is 0 Å². The molecule has 4 heavy (non-hydrogen) atoms. The minimum absolute atomic E-state index is 0. The van der Waals surface area contributed by atoms with Gasteiger partial charge in [0.2, 0.25) is 0 Å². The Morgan fingerprint density at radius 1 is 0.750 bits per heavy atom. The predicted octanol–water partition coefficient (Wildman–Crippen LogP) is -7.20. The van der Waals surface area contributed by atoms with Gasteiger partial charge in [0, 0.05) is 0 Å². The Hall–Kier alpha value is 2.19. The zero-order valence-electron chi connectivity index (χ0n) is 1.96. The van der Waals surface area contributed by atoms with Crippen molar-refractivity contribution in [3.63, 3.8) is 0 Å². The van der Waals surface area contributed by atoms with Crippen LogP contribution in [-0.2, 0) is 0 Å². The minimum atomic E-state index is 0. The molecule has 0 heterocycles. The fourth-order valence-electron chi connectivity index (χ4n) is 0. The normalized spacial score (nSPS) is 0. The Morgan fingerprint density at radius 2 is 0.750 bits per heavy atom. The summed E-state index contributed by atoms with van der Waals surface area (Å²) in [6.07, 6.45) is 0. The van der Waals surface area contributed by atoms with Crippen molar-refractivity contribution >= 4 is 23.1 Å². The van der Waals surface area contributed by atoms with Crippen LogP contribution in [0.4, 0.5) is 0 Å². The van der Waals surface area contributed by atoms with Crippen LogP contribution in [0, 0.1) is 0 Å². The van der Waals surface area contributed by atoms with Crippen molar-refractivity contribution < 1.29 is 53.4 Å². The summed E-state index contributed by atoms with van der Waals surface area (Å²) < 4.78 is 0. The molecule has 0 rings (SSSR count). The zero-order valence-corrected chi connectivity index (χ0v) is 7.69. The molecule has 0 aromatic heterocycles. The first-order valence-corrected chi connectivity index (χ1v) is 0. The molecule has 0 saturated carbocycles. The van der Waals surface area contributed by atoms with E-state index in [1.54, 1.807) is 0 Å². The Morgan fingerprint density at radius 3 is 0.750 bits per heavy atom. The van der Waals surface area contributed by atoms with Crippen molar-refractivity contribution in [1.82, 2.24) is 0 Å². The van der Waals surface area contributed by atoms with Crippen LogP contribution in [-0.4, -0.2) is 28.5 Å². The Balaban J connectivity index is 0. The fourth-order valence-corrected chi connectivity index (χ4v) is 0. The topological polar surface area (TPSA) is 31.5 Å². The van der Waals surface area contributed by atoms with Gasteiger partial charge in [0.1, 0.15) is 0 Å². The summed E-state index contributed by atoms with van der Waals surface area (Å²) in [5.74, 6) is 0. The number of hydrogen-bond acceptors (Lipinski definition) is 0. The molecule has 0 aromatic rings. The van der Waals surface area contributed by atoms with Crippen molar-refractivity contribution in [1.29, 1.82) is 0 Å². The van der Waals surface area contributed by atoms with Crippen LogP contribution in [0.3, 0.4) is 0 Å². The molecule has 4 heteroatoms. The van der Waals surface area contributed by atoms with E-state index in [4.69, 9.17) is 0 Å². The third-order valence-corrected chi connectivity index (χ3v) is 0. The first kappa shape index (κ1) is 34.8. The Bertz CT molecular complexity index is 6.00. The average Bonchev–Trinajstić information content (AvgIpc) is 0. The number of hydrogen-bond donors (Lipinski definition) is 0. The predicted molar refractivity (Wildman–Crippen MR) is 9.37 cm³/mol. The van der Waals surface area contributed by atoms with Gasteiger partial charge in [0.05, 0.1) is 0 Å². The van der Waals surface area contributed by atoms with Crippen molar-refractivity contribution in [3.05, 3.63) is 0 Å². The van der Waals surface area contributed by atoms with E-state index in [2.05, 4.69) is 0 Å². The van der Waals surface area contributed by atoms with Crippen molar-refractivity contribution in [2.45, 2.75) is 0 Å². The van der Waals surface area contributed by atoms with Crippen molar-refractivity contribution in [2.24, 2.45) is 0 Å². The van der Waals surface area contributed by atoms with Crippen LogP contribution in [0.15, 0.2) is 0 Å². The van der Waals surface area contributed by atoms with Crippen LogP contribution in [0.5, 0.6) is 0 Å². The average molecular weight is 296 g/mol. The molecule has 0 saturated heterocycles. The standard InChI is InChI=1S/2HI.Mg.H2O/h2*1H;;1H2/q;;+2;/p-2. The third-order valence-electron chi connectivity index (χ3n) is 0. The summed E-state index contributed by atoms with van der Waals surface area (Å²) in [6.45, 7) is 0. The van der Waals surface area contributed by atoms with Crippen LogP contribution < -0.4 is 48.0 Å². The van der Waals surface area contributed by atoms with Crippen LogP contribution >= 0.6 is 0 Å². The molecule has 0 atom stereocenters. The van der Waals surface area contributed by atoms with Gasteiger partial charge in [-0.25, -0.2) is 0 Å². The van der Waals surface area contributed by atoms with Crippen molar-refractivity contribution in [3.8, 4) is 0 Å². The minimum Gasteiger partial charge on any atom is -1.00 e. The second-order valence-corrected chi connectivity index (χ2v) is 0. The van der Waals surface area contributed by atoms with Crippen LogP contribution in [0.1, 0.15) is 0 Å². The molecule has 0 radical (unpaired) electrons. The second-order valence-electron chi connectivity index (χ2n) is 0. The molecule has 0 bridgehead atoms. The summed E-state index contributed by atoms with van der Waals surface area (Å²) in [6, 6.07) is 0. The molecule has 0 aliphatic heterocycles. The Labute approximate surface area is 75.4 Å². The SMILES string of the molecule is O.[I-].[I-].[Mg+2]. The van der Waals surface area contributed by atoms with Gasteiger partial charge in [-0.15, -0.1) is 0 Å². The molecular formula is H2I2MgO. The molecule has 0 amide bonds. The molecule has 0 spiro atoms. The smallest absolute Gasteiger partial charge is 1.00 e. The monoisotopic (exact) mass is 296 g/mol. The molecular weight excluding hydrogens is 294 g/mol.